The highest BCUT2D eigenvalue weighted by Gasteiger charge is 2.22. The fourth-order valence-electron chi connectivity index (χ4n) is 2.76. The Bertz CT molecular complexity index is 589. The van der Waals surface area contributed by atoms with Crippen LogP contribution in [0.3, 0.4) is 0 Å². The second kappa shape index (κ2) is 8.74. The second-order valence-electron chi connectivity index (χ2n) is 7.28. The SMILES string of the molecule is CC(C)(C)OC(=O)Nc1cccc(OCCNC(=O)C2CCCC2)c1. The number of ether oxygens (including phenoxy) is 2. The van der Waals surface area contributed by atoms with Crippen LogP contribution in [-0.4, -0.2) is 30.8 Å². The Morgan fingerprint density at radius 3 is 2.60 bits per heavy atom. The van der Waals surface area contributed by atoms with E-state index in [0.717, 1.165) is 25.7 Å². The summed E-state index contributed by atoms with van der Waals surface area (Å²) in [5.41, 5.74) is 0.0529. The van der Waals surface area contributed by atoms with Crippen LogP contribution in [0.15, 0.2) is 24.3 Å². The molecule has 1 aromatic carbocycles. The summed E-state index contributed by atoms with van der Waals surface area (Å²) < 4.78 is 10.9. The number of nitrogens with one attached hydrogen (secondary N) is 2. The second-order valence-corrected chi connectivity index (χ2v) is 7.28. The Morgan fingerprint density at radius 2 is 1.92 bits per heavy atom. The quantitative estimate of drug-likeness (QED) is 0.768. The predicted molar refractivity (Wildman–Crippen MR) is 96.8 cm³/mol. The molecule has 0 unspecified atom stereocenters. The van der Waals surface area contributed by atoms with Crippen molar-refractivity contribution < 1.29 is 19.1 Å². The van der Waals surface area contributed by atoms with Crippen molar-refractivity contribution in [3.05, 3.63) is 24.3 Å². The van der Waals surface area contributed by atoms with Gasteiger partial charge < -0.3 is 14.8 Å². The van der Waals surface area contributed by atoms with Gasteiger partial charge in [-0.3, -0.25) is 10.1 Å². The van der Waals surface area contributed by atoms with Crippen LogP contribution in [0.1, 0.15) is 46.5 Å². The zero-order valence-corrected chi connectivity index (χ0v) is 15.3. The van der Waals surface area contributed by atoms with Crippen molar-refractivity contribution in [2.75, 3.05) is 18.5 Å². The Hall–Kier alpha value is -2.24. The first kappa shape index (κ1) is 19.1. The van der Waals surface area contributed by atoms with E-state index >= 15 is 0 Å². The molecule has 1 aliphatic carbocycles. The van der Waals surface area contributed by atoms with Crippen LogP contribution in [0.2, 0.25) is 0 Å². The maximum Gasteiger partial charge on any atom is 0.412 e. The van der Waals surface area contributed by atoms with Gasteiger partial charge in [-0.05, 0) is 45.7 Å². The standard InChI is InChI=1S/C19H28N2O4/c1-19(2,3)25-18(23)21-15-9-6-10-16(13-15)24-12-11-20-17(22)14-7-4-5-8-14/h6,9-10,13-14H,4-5,7-8,11-12H2,1-3H3,(H,20,22)(H,21,23). The fourth-order valence-corrected chi connectivity index (χ4v) is 2.76. The maximum absolute atomic E-state index is 11.9. The van der Waals surface area contributed by atoms with Crippen molar-refractivity contribution in [2.45, 2.75) is 52.1 Å². The Balaban J connectivity index is 1.73. The lowest BCUT2D eigenvalue weighted by Gasteiger charge is -2.19. The molecule has 2 N–H and O–H groups in total. The van der Waals surface area contributed by atoms with Gasteiger partial charge in [0.25, 0.3) is 0 Å². The zero-order chi connectivity index (χ0) is 18.3. The average Bonchev–Trinajstić information content (AvgIpc) is 3.04. The third-order valence-electron chi connectivity index (χ3n) is 3.88. The van der Waals surface area contributed by atoms with Crippen molar-refractivity contribution in [1.29, 1.82) is 0 Å². The molecule has 1 fully saturated rings. The Labute approximate surface area is 149 Å². The van der Waals surface area contributed by atoms with Gasteiger partial charge in [-0.25, -0.2) is 4.79 Å². The highest BCUT2D eigenvalue weighted by molar-refractivity contribution is 5.85. The van der Waals surface area contributed by atoms with Crippen molar-refractivity contribution >= 4 is 17.7 Å². The molecule has 0 radical (unpaired) electrons. The summed E-state index contributed by atoms with van der Waals surface area (Å²) in [5, 5.41) is 5.59. The lowest BCUT2D eigenvalue weighted by atomic mass is 10.1. The van der Waals surface area contributed by atoms with Gasteiger partial charge in [0.1, 0.15) is 18.0 Å². The average molecular weight is 348 g/mol. The third kappa shape index (κ3) is 7.03. The number of carbonyl (C=O) groups excluding carboxylic acids is 2. The first-order valence-corrected chi connectivity index (χ1v) is 8.84. The van der Waals surface area contributed by atoms with E-state index in [1.54, 1.807) is 24.3 Å². The molecule has 1 aliphatic rings. The minimum absolute atomic E-state index is 0.126. The number of carbonyl (C=O) groups is 2. The fraction of sp³-hybridized carbons (Fsp3) is 0.579. The lowest BCUT2D eigenvalue weighted by Crippen LogP contribution is -2.32. The van der Waals surface area contributed by atoms with Crippen LogP contribution in [0.25, 0.3) is 0 Å². The van der Waals surface area contributed by atoms with Crippen molar-refractivity contribution in [3.63, 3.8) is 0 Å². The number of amides is 2. The predicted octanol–water partition coefficient (Wildman–Crippen LogP) is 3.72. The van der Waals surface area contributed by atoms with Crippen LogP contribution in [-0.2, 0) is 9.53 Å². The van der Waals surface area contributed by atoms with E-state index in [1.807, 2.05) is 20.8 Å². The van der Waals surface area contributed by atoms with Gasteiger partial charge >= 0.3 is 6.09 Å². The largest absolute Gasteiger partial charge is 0.492 e. The molecule has 0 atom stereocenters. The van der Waals surface area contributed by atoms with E-state index in [1.165, 1.54) is 0 Å². The zero-order valence-electron chi connectivity index (χ0n) is 15.3. The molecule has 0 aliphatic heterocycles. The van der Waals surface area contributed by atoms with Gasteiger partial charge in [-0.2, -0.15) is 0 Å². The van der Waals surface area contributed by atoms with Crippen molar-refractivity contribution in [1.82, 2.24) is 5.32 Å². The number of hydrogen-bond donors (Lipinski definition) is 2. The number of hydrogen-bond acceptors (Lipinski definition) is 4. The molecule has 0 heterocycles. The minimum atomic E-state index is -0.546. The summed E-state index contributed by atoms with van der Waals surface area (Å²) >= 11 is 0. The highest BCUT2D eigenvalue weighted by atomic mass is 16.6. The van der Waals surface area contributed by atoms with Crippen molar-refractivity contribution in [3.8, 4) is 5.75 Å². The summed E-state index contributed by atoms with van der Waals surface area (Å²) in [4.78, 5) is 23.7. The van der Waals surface area contributed by atoms with Crippen molar-refractivity contribution in [2.24, 2.45) is 5.92 Å². The third-order valence-corrected chi connectivity index (χ3v) is 3.88. The topological polar surface area (TPSA) is 76.7 Å². The lowest BCUT2D eigenvalue weighted by molar-refractivity contribution is -0.124. The van der Waals surface area contributed by atoms with E-state index in [2.05, 4.69) is 10.6 Å². The molecule has 2 amide bonds. The monoisotopic (exact) mass is 348 g/mol. The van der Waals surface area contributed by atoms with Gasteiger partial charge in [0.15, 0.2) is 0 Å². The first-order chi connectivity index (χ1) is 11.8. The van der Waals surface area contributed by atoms with Gasteiger partial charge in [0, 0.05) is 17.7 Å². The van der Waals surface area contributed by atoms with E-state index in [0.29, 0.717) is 24.6 Å². The molecule has 0 spiro atoms. The summed E-state index contributed by atoms with van der Waals surface area (Å²) in [5.74, 6) is 0.923. The van der Waals surface area contributed by atoms with E-state index < -0.39 is 11.7 Å². The van der Waals surface area contributed by atoms with Crippen LogP contribution in [0.4, 0.5) is 10.5 Å². The van der Waals surface area contributed by atoms with E-state index in [9.17, 15) is 9.59 Å². The van der Waals surface area contributed by atoms with Gasteiger partial charge in [-0.1, -0.05) is 18.9 Å². The summed E-state index contributed by atoms with van der Waals surface area (Å²) in [6.45, 7) is 6.29. The molecule has 2 rings (SSSR count). The van der Waals surface area contributed by atoms with Crippen LogP contribution in [0.5, 0.6) is 5.75 Å². The Morgan fingerprint density at radius 1 is 1.20 bits per heavy atom. The molecule has 6 nitrogen and oxygen atoms in total. The van der Waals surface area contributed by atoms with Crippen LogP contribution >= 0.6 is 0 Å². The molecular formula is C19H28N2O4. The first-order valence-electron chi connectivity index (χ1n) is 8.84. The van der Waals surface area contributed by atoms with Gasteiger partial charge in [0.2, 0.25) is 5.91 Å². The van der Waals surface area contributed by atoms with Gasteiger partial charge in [0.05, 0.1) is 6.54 Å². The Kier molecular flexibility index (Phi) is 6.67. The van der Waals surface area contributed by atoms with Crippen LogP contribution in [0, 0.1) is 5.92 Å². The van der Waals surface area contributed by atoms with E-state index in [4.69, 9.17) is 9.47 Å². The molecule has 6 heteroatoms. The number of rotatable bonds is 6. The molecule has 1 aromatic rings. The highest BCUT2D eigenvalue weighted by Crippen LogP contribution is 2.24. The van der Waals surface area contributed by atoms with E-state index in [-0.39, 0.29) is 11.8 Å². The number of benzene rings is 1. The summed E-state index contributed by atoms with van der Waals surface area (Å²) in [6, 6.07) is 7.08. The summed E-state index contributed by atoms with van der Waals surface area (Å²) in [6.07, 6.45) is 3.77. The summed E-state index contributed by atoms with van der Waals surface area (Å²) in [7, 11) is 0. The smallest absolute Gasteiger partial charge is 0.412 e. The molecule has 0 bridgehead atoms. The van der Waals surface area contributed by atoms with Gasteiger partial charge in [-0.15, -0.1) is 0 Å². The molecule has 138 valence electrons. The molecule has 1 saturated carbocycles. The molecule has 0 aromatic heterocycles. The minimum Gasteiger partial charge on any atom is -0.492 e. The number of anilines is 1. The molecule has 25 heavy (non-hydrogen) atoms. The normalized spacial score (nSPS) is 14.8. The molecule has 0 saturated heterocycles. The molecular weight excluding hydrogens is 320 g/mol. The maximum atomic E-state index is 11.9. The van der Waals surface area contributed by atoms with Crippen LogP contribution < -0.4 is 15.4 Å².